The summed E-state index contributed by atoms with van der Waals surface area (Å²) in [7, 11) is 0. The Morgan fingerprint density at radius 1 is 1.07 bits per heavy atom. The zero-order chi connectivity index (χ0) is 21.1. The molecule has 6 nitrogen and oxygen atoms in total. The molecule has 0 aliphatic carbocycles. The predicted molar refractivity (Wildman–Crippen MR) is 113 cm³/mol. The second-order valence-electron chi connectivity index (χ2n) is 7.54. The zero-order valence-electron chi connectivity index (χ0n) is 17.1. The number of anilines is 1. The number of hydrogen-bond donors (Lipinski definition) is 2. The van der Waals surface area contributed by atoms with Crippen molar-refractivity contribution in [2.24, 2.45) is 5.73 Å². The van der Waals surface area contributed by atoms with E-state index in [4.69, 9.17) is 5.73 Å². The Kier molecular flexibility index (Phi) is 6.13. The van der Waals surface area contributed by atoms with E-state index in [1.165, 1.54) is 11.0 Å². The highest BCUT2D eigenvalue weighted by molar-refractivity contribution is 6.35. The molecule has 1 heterocycles. The van der Waals surface area contributed by atoms with Crippen molar-refractivity contribution in [1.82, 2.24) is 5.32 Å². The summed E-state index contributed by atoms with van der Waals surface area (Å²) in [6.45, 7) is 6.21. The first-order valence-electron chi connectivity index (χ1n) is 9.98. The van der Waals surface area contributed by atoms with Crippen LogP contribution in [0.25, 0.3) is 0 Å². The van der Waals surface area contributed by atoms with Crippen molar-refractivity contribution < 1.29 is 14.4 Å². The first kappa shape index (κ1) is 20.7. The average Bonchev–Trinajstić information content (AvgIpc) is 2.96. The molecule has 1 atom stereocenters. The number of amides is 3. The number of hydrogen-bond acceptors (Lipinski definition) is 4. The van der Waals surface area contributed by atoms with Crippen LogP contribution in [-0.2, 0) is 0 Å². The summed E-state index contributed by atoms with van der Waals surface area (Å²) in [4.78, 5) is 39.7. The molecular weight excluding hydrogens is 366 g/mol. The van der Waals surface area contributed by atoms with Gasteiger partial charge in [-0.2, -0.15) is 0 Å². The Hall–Kier alpha value is -2.99. The van der Waals surface area contributed by atoms with Crippen molar-refractivity contribution in [1.29, 1.82) is 0 Å². The fraction of sp³-hybridized carbons (Fsp3) is 0.348. The van der Waals surface area contributed by atoms with Gasteiger partial charge in [0.25, 0.3) is 17.7 Å². The zero-order valence-corrected chi connectivity index (χ0v) is 17.1. The SMILES string of the molecule is CCCCC(CN)NC(=O)c1ccc2c(c1)C(=O)N(c1cc(C)ccc1C)C2=O. The Morgan fingerprint density at radius 3 is 2.48 bits per heavy atom. The standard InChI is InChI=1S/C23H27N3O3/c1-4-5-6-17(13-24)25-21(27)16-9-10-18-19(12-16)23(29)26(22(18)28)20-11-14(2)7-8-15(20)3/h7-12,17H,4-6,13,24H2,1-3H3,(H,25,27). The van der Waals surface area contributed by atoms with Crippen LogP contribution >= 0.6 is 0 Å². The molecular formula is C23H27N3O3. The molecule has 6 heteroatoms. The van der Waals surface area contributed by atoms with Crippen molar-refractivity contribution in [3.63, 3.8) is 0 Å². The van der Waals surface area contributed by atoms with Crippen molar-refractivity contribution in [2.75, 3.05) is 11.4 Å². The third kappa shape index (κ3) is 4.07. The number of fused-ring (bicyclic) bond motifs is 1. The summed E-state index contributed by atoms with van der Waals surface area (Å²) in [6.07, 6.45) is 2.81. The van der Waals surface area contributed by atoms with Crippen molar-refractivity contribution in [3.8, 4) is 0 Å². The summed E-state index contributed by atoms with van der Waals surface area (Å²) in [6, 6.07) is 10.2. The minimum atomic E-state index is -0.408. The molecule has 1 unspecified atom stereocenters. The number of nitrogens with two attached hydrogens (primary N) is 1. The molecule has 2 aromatic rings. The molecule has 1 aliphatic rings. The predicted octanol–water partition coefficient (Wildman–Crippen LogP) is 3.35. The fourth-order valence-electron chi connectivity index (χ4n) is 3.53. The normalized spacial score (nSPS) is 14.1. The minimum Gasteiger partial charge on any atom is -0.348 e. The van der Waals surface area contributed by atoms with Crippen LogP contribution in [0.15, 0.2) is 36.4 Å². The first-order valence-corrected chi connectivity index (χ1v) is 9.98. The highest BCUT2D eigenvalue weighted by Gasteiger charge is 2.37. The number of imide groups is 1. The highest BCUT2D eigenvalue weighted by Crippen LogP contribution is 2.31. The van der Waals surface area contributed by atoms with Gasteiger partial charge in [0.15, 0.2) is 0 Å². The smallest absolute Gasteiger partial charge is 0.266 e. The van der Waals surface area contributed by atoms with Crippen LogP contribution < -0.4 is 16.0 Å². The van der Waals surface area contributed by atoms with Gasteiger partial charge < -0.3 is 11.1 Å². The lowest BCUT2D eigenvalue weighted by atomic mass is 10.0. The lowest BCUT2D eigenvalue weighted by molar-refractivity contribution is 0.0920. The quantitative estimate of drug-likeness (QED) is 0.706. The van der Waals surface area contributed by atoms with Crippen molar-refractivity contribution >= 4 is 23.4 Å². The molecule has 0 fully saturated rings. The third-order valence-electron chi connectivity index (χ3n) is 5.28. The molecule has 1 aliphatic heterocycles. The van der Waals surface area contributed by atoms with E-state index < -0.39 is 5.91 Å². The Balaban J connectivity index is 1.87. The fourth-order valence-corrected chi connectivity index (χ4v) is 3.53. The highest BCUT2D eigenvalue weighted by atomic mass is 16.2. The van der Waals surface area contributed by atoms with Gasteiger partial charge in [0.05, 0.1) is 16.8 Å². The van der Waals surface area contributed by atoms with Crippen molar-refractivity contribution in [2.45, 2.75) is 46.1 Å². The molecule has 0 saturated heterocycles. The molecule has 2 aromatic carbocycles. The number of carbonyl (C=O) groups excluding carboxylic acids is 3. The van der Waals surface area contributed by atoms with E-state index in [1.807, 2.05) is 32.0 Å². The van der Waals surface area contributed by atoms with Gasteiger partial charge in [-0.3, -0.25) is 14.4 Å². The van der Waals surface area contributed by atoms with Crippen LogP contribution in [0.2, 0.25) is 0 Å². The van der Waals surface area contributed by atoms with E-state index in [0.717, 1.165) is 30.4 Å². The molecule has 29 heavy (non-hydrogen) atoms. The maximum atomic E-state index is 13.0. The Morgan fingerprint density at radius 2 is 1.79 bits per heavy atom. The summed E-state index contributed by atoms with van der Waals surface area (Å²) in [5.74, 6) is -1.06. The molecule has 3 amide bonds. The van der Waals surface area contributed by atoms with Crippen LogP contribution in [0.1, 0.15) is 68.4 Å². The number of aryl methyl sites for hydroxylation is 2. The summed E-state index contributed by atoms with van der Waals surface area (Å²) in [5, 5.41) is 2.92. The minimum absolute atomic E-state index is 0.112. The number of carbonyl (C=O) groups is 3. The molecule has 3 rings (SSSR count). The molecule has 3 N–H and O–H groups in total. The van der Waals surface area contributed by atoms with Gasteiger partial charge in [-0.05, 0) is 55.7 Å². The number of rotatable bonds is 7. The lowest BCUT2D eigenvalue weighted by Gasteiger charge is -2.17. The van der Waals surface area contributed by atoms with Gasteiger partial charge in [0, 0.05) is 18.2 Å². The van der Waals surface area contributed by atoms with Crippen molar-refractivity contribution in [3.05, 3.63) is 64.2 Å². The molecule has 0 saturated carbocycles. The summed E-state index contributed by atoms with van der Waals surface area (Å²) < 4.78 is 0. The van der Waals surface area contributed by atoms with E-state index in [1.54, 1.807) is 12.1 Å². The third-order valence-corrected chi connectivity index (χ3v) is 5.28. The Bertz CT molecular complexity index is 968. The topological polar surface area (TPSA) is 92.5 Å². The summed E-state index contributed by atoms with van der Waals surface area (Å²) in [5.41, 5.74) is 9.05. The largest absolute Gasteiger partial charge is 0.348 e. The van der Waals surface area contributed by atoms with E-state index in [0.29, 0.717) is 23.4 Å². The van der Waals surface area contributed by atoms with Gasteiger partial charge >= 0.3 is 0 Å². The number of nitrogens with one attached hydrogen (secondary N) is 1. The lowest BCUT2D eigenvalue weighted by Crippen LogP contribution is -2.40. The van der Waals surface area contributed by atoms with Gasteiger partial charge in [-0.15, -0.1) is 0 Å². The molecule has 0 bridgehead atoms. The summed E-state index contributed by atoms with van der Waals surface area (Å²) >= 11 is 0. The van der Waals surface area contributed by atoms with E-state index in [2.05, 4.69) is 12.2 Å². The van der Waals surface area contributed by atoms with Gasteiger partial charge in [0.2, 0.25) is 0 Å². The van der Waals surface area contributed by atoms with Crippen LogP contribution in [0.5, 0.6) is 0 Å². The van der Waals surface area contributed by atoms with E-state index in [9.17, 15) is 14.4 Å². The van der Waals surface area contributed by atoms with E-state index in [-0.39, 0.29) is 23.4 Å². The van der Waals surface area contributed by atoms with E-state index >= 15 is 0 Å². The van der Waals surface area contributed by atoms with Gasteiger partial charge in [-0.1, -0.05) is 31.9 Å². The molecule has 152 valence electrons. The van der Waals surface area contributed by atoms with Gasteiger partial charge in [0.1, 0.15) is 0 Å². The average molecular weight is 393 g/mol. The second-order valence-corrected chi connectivity index (χ2v) is 7.54. The first-order chi connectivity index (χ1) is 13.9. The Labute approximate surface area is 171 Å². The number of unbranched alkanes of at least 4 members (excludes halogenated alkanes) is 1. The van der Waals surface area contributed by atoms with Crippen LogP contribution in [0, 0.1) is 13.8 Å². The monoisotopic (exact) mass is 393 g/mol. The van der Waals surface area contributed by atoms with Crippen LogP contribution in [0.3, 0.4) is 0 Å². The van der Waals surface area contributed by atoms with Crippen LogP contribution in [0.4, 0.5) is 5.69 Å². The molecule has 0 spiro atoms. The molecule has 0 aromatic heterocycles. The number of nitrogens with zero attached hydrogens (tertiary/aromatic N) is 1. The maximum Gasteiger partial charge on any atom is 0.266 e. The number of benzene rings is 2. The molecule has 0 radical (unpaired) electrons. The van der Waals surface area contributed by atoms with Gasteiger partial charge in [-0.25, -0.2) is 4.90 Å². The maximum absolute atomic E-state index is 13.0. The second kappa shape index (κ2) is 8.57. The van der Waals surface area contributed by atoms with Crippen LogP contribution in [-0.4, -0.2) is 30.3 Å².